The molecule has 1 aromatic heterocycles. The minimum atomic E-state index is -4.55. The summed E-state index contributed by atoms with van der Waals surface area (Å²) in [4.78, 5) is 22.7. The maximum absolute atomic E-state index is 12.6. The zero-order valence-corrected chi connectivity index (χ0v) is 13.5. The van der Waals surface area contributed by atoms with E-state index in [2.05, 4.69) is 15.5 Å². The zero-order chi connectivity index (χ0) is 18.6. The molecule has 1 heterocycles. The lowest BCUT2D eigenvalue weighted by Gasteiger charge is -2.08. The highest BCUT2D eigenvalue weighted by molar-refractivity contribution is 8.00. The second-order valence-corrected chi connectivity index (χ2v) is 6.11. The van der Waals surface area contributed by atoms with Crippen molar-refractivity contribution < 1.29 is 32.3 Å². The van der Waals surface area contributed by atoms with E-state index in [1.165, 1.54) is 13.0 Å². The van der Waals surface area contributed by atoms with Crippen molar-refractivity contribution in [3.8, 4) is 0 Å². The van der Waals surface area contributed by atoms with Gasteiger partial charge in [-0.2, -0.15) is 13.2 Å². The highest BCUT2D eigenvalue weighted by atomic mass is 32.2. The number of rotatable bonds is 6. The average molecular weight is 375 g/mol. The summed E-state index contributed by atoms with van der Waals surface area (Å²) in [6.07, 6.45) is -4.55. The van der Waals surface area contributed by atoms with Crippen molar-refractivity contribution >= 4 is 23.6 Å². The van der Waals surface area contributed by atoms with Gasteiger partial charge in [-0.25, -0.2) is 0 Å². The number of thioether (sulfide) groups is 1. The maximum Gasteiger partial charge on any atom is 0.416 e. The molecule has 2 aromatic rings. The van der Waals surface area contributed by atoms with E-state index in [-0.39, 0.29) is 23.2 Å². The SMILES string of the molecule is C[C@H](Sc1nnc(CNC(=O)c2cccc(C(F)(F)F)c2)o1)C(=O)O. The van der Waals surface area contributed by atoms with Gasteiger partial charge in [0.25, 0.3) is 11.1 Å². The molecule has 0 fully saturated rings. The Morgan fingerprint density at radius 2 is 2.08 bits per heavy atom. The van der Waals surface area contributed by atoms with Crippen molar-refractivity contribution in [2.24, 2.45) is 0 Å². The number of aliphatic carboxylic acids is 1. The lowest BCUT2D eigenvalue weighted by molar-refractivity contribution is -0.138. The highest BCUT2D eigenvalue weighted by Crippen LogP contribution is 2.29. The van der Waals surface area contributed by atoms with Gasteiger partial charge in [0.15, 0.2) is 0 Å². The summed E-state index contributed by atoms with van der Waals surface area (Å²) in [6, 6.07) is 3.97. The van der Waals surface area contributed by atoms with Crippen LogP contribution in [0.2, 0.25) is 0 Å². The van der Waals surface area contributed by atoms with Gasteiger partial charge in [-0.05, 0) is 25.1 Å². The fourth-order valence-electron chi connectivity index (χ4n) is 1.65. The average Bonchev–Trinajstić information content (AvgIpc) is 2.99. The highest BCUT2D eigenvalue weighted by Gasteiger charge is 2.30. The van der Waals surface area contributed by atoms with Gasteiger partial charge in [-0.15, -0.1) is 10.2 Å². The van der Waals surface area contributed by atoms with Crippen LogP contribution < -0.4 is 5.32 Å². The predicted octanol–water partition coefficient (Wildman–Crippen LogP) is 2.58. The lowest BCUT2D eigenvalue weighted by atomic mass is 10.1. The van der Waals surface area contributed by atoms with Crippen LogP contribution in [0.15, 0.2) is 33.9 Å². The van der Waals surface area contributed by atoms with Crippen LogP contribution in [-0.4, -0.2) is 32.4 Å². The fraction of sp³-hybridized carbons (Fsp3) is 0.286. The molecule has 0 aliphatic rings. The number of hydrogen-bond donors (Lipinski definition) is 2. The van der Waals surface area contributed by atoms with Crippen LogP contribution >= 0.6 is 11.8 Å². The number of carboxylic acids is 1. The molecule has 11 heteroatoms. The molecule has 1 aromatic carbocycles. The summed E-state index contributed by atoms with van der Waals surface area (Å²) in [5.41, 5.74) is -1.09. The largest absolute Gasteiger partial charge is 0.480 e. The van der Waals surface area contributed by atoms with Crippen molar-refractivity contribution in [2.45, 2.75) is 30.1 Å². The number of nitrogens with zero attached hydrogens (tertiary/aromatic N) is 2. The van der Waals surface area contributed by atoms with E-state index in [1.54, 1.807) is 0 Å². The number of amides is 1. The molecule has 0 spiro atoms. The van der Waals surface area contributed by atoms with E-state index < -0.39 is 28.9 Å². The first-order valence-corrected chi connectivity index (χ1v) is 7.72. The standard InChI is InChI=1S/C14H12F3N3O4S/c1-7(12(22)23)25-13-20-19-10(24-13)6-18-11(21)8-3-2-4-9(5-8)14(15,16)17/h2-5,7H,6H2,1H3,(H,18,21)(H,22,23)/t7-/m0/s1. The smallest absolute Gasteiger partial charge is 0.416 e. The molecule has 0 bridgehead atoms. The van der Waals surface area contributed by atoms with E-state index in [0.29, 0.717) is 0 Å². The van der Waals surface area contributed by atoms with E-state index in [0.717, 1.165) is 30.0 Å². The minimum Gasteiger partial charge on any atom is -0.480 e. The number of carbonyl (C=O) groups excluding carboxylic acids is 1. The molecule has 0 saturated carbocycles. The summed E-state index contributed by atoms with van der Waals surface area (Å²) >= 11 is 0.830. The molecule has 7 nitrogen and oxygen atoms in total. The van der Waals surface area contributed by atoms with Crippen molar-refractivity contribution in [1.82, 2.24) is 15.5 Å². The molecule has 0 radical (unpaired) electrons. The third-order valence-corrected chi connectivity index (χ3v) is 3.85. The normalized spacial score (nSPS) is 12.6. The van der Waals surface area contributed by atoms with E-state index >= 15 is 0 Å². The topological polar surface area (TPSA) is 105 Å². The van der Waals surface area contributed by atoms with Crippen LogP contribution in [0, 0.1) is 0 Å². The summed E-state index contributed by atoms with van der Waals surface area (Å²) in [7, 11) is 0. The molecular weight excluding hydrogens is 363 g/mol. The van der Waals surface area contributed by atoms with Gasteiger partial charge in [0, 0.05) is 5.56 Å². The molecule has 25 heavy (non-hydrogen) atoms. The molecular formula is C14H12F3N3O4S. The number of carboxylic acid groups (broad SMARTS) is 1. The second-order valence-electron chi connectivity index (χ2n) is 4.82. The quantitative estimate of drug-likeness (QED) is 0.748. The molecule has 1 amide bonds. The number of hydrogen-bond acceptors (Lipinski definition) is 6. The van der Waals surface area contributed by atoms with Crippen LogP contribution in [-0.2, 0) is 17.5 Å². The van der Waals surface area contributed by atoms with Crippen molar-refractivity contribution in [3.05, 3.63) is 41.3 Å². The van der Waals surface area contributed by atoms with E-state index in [4.69, 9.17) is 9.52 Å². The fourth-order valence-corrected chi connectivity index (χ4v) is 2.29. The van der Waals surface area contributed by atoms with Gasteiger partial charge in [-0.1, -0.05) is 17.8 Å². The Kier molecular flexibility index (Phi) is 5.67. The van der Waals surface area contributed by atoms with Crippen molar-refractivity contribution in [1.29, 1.82) is 0 Å². The first-order valence-electron chi connectivity index (χ1n) is 6.84. The monoisotopic (exact) mass is 375 g/mol. The predicted molar refractivity (Wildman–Crippen MR) is 79.9 cm³/mol. The minimum absolute atomic E-state index is 0.000384. The van der Waals surface area contributed by atoms with Crippen molar-refractivity contribution in [2.75, 3.05) is 0 Å². The van der Waals surface area contributed by atoms with Crippen LogP contribution in [0.4, 0.5) is 13.2 Å². The summed E-state index contributed by atoms with van der Waals surface area (Å²) in [5, 5.41) is 17.6. The molecule has 2 rings (SSSR count). The van der Waals surface area contributed by atoms with Crippen LogP contribution in [0.25, 0.3) is 0 Å². The van der Waals surface area contributed by atoms with Gasteiger partial charge in [0.2, 0.25) is 5.89 Å². The number of benzene rings is 1. The Morgan fingerprint density at radius 3 is 2.72 bits per heavy atom. The second kappa shape index (κ2) is 7.55. The Balaban J connectivity index is 1.97. The molecule has 0 saturated heterocycles. The lowest BCUT2D eigenvalue weighted by Crippen LogP contribution is -2.23. The van der Waals surface area contributed by atoms with Crippen LogP contribution in [0.5, 0.6) is 0 Å². The number of aromatic nitrogens is 2. The zero-order valence-electron chi connectivity index (χ0n) is 12.7. The first kappa shape index (κ1) is 18.8. The van der Waals surface area contributed by atoms with Crippen LogP contribution in [0.1, 0.15) is 28.7 Å². The summed E-state index contributed by atoms with van der Waals surface area (Å²) in [5.74, 6) is -1.79. The number of alkyl halides is 3. The number of nitrogens with one attached hydrogen (secondary N) is 1. The molecule has 0 unspecified atom stereocenters. The molecule has 0 aliphatic carbocycles. The van der Waals surface area contributed by atoms with Crippen molar-refractivity contribution in [3.63, 3.8) is 0 Å². The van der Waals surface area contributed by atoms with E-state index in [1.807, 2.05) is 0 Å². The Bertz CT molecular complexity index is 779. The molecule has 2 N–H and O–H groups in total. The first-order chi connectivity index (χ1) is 11.7. The number of carbonyl (C=O) groups is 2. The molecule has 1 atom stereocenters. The Hall–Kier alpha value is -2.56. The Morgan fingerprint density at radius 1 is 1.36 bits per heavy atom. The third-order valence-electron chi connectivity index (χ3n) is 2.93. The molecule has 134 valence electrons. The van der Waals surface area contributed by atoms with E-state index in [9.17, 15) is 22.8 Å². The van der Waals surface area contributed by atoms with Crippen LogP contribution in [0.3, 0.4) is 0 Å². The summed E-state index contributed by atoms with van der Waals surface area (Å²) in [6.45, 7) is 1.23. The summed E-state index contributed by atoms with van der Waals surface area (Å²) < 4.78 is 43.1. The third kappa shape index (κ3) is 5.21. The number of halogens is 3. The molecule has 0 aliphatic heterocycles. The van der Waals surface area contributed by atoms with Gasteiger partial charge in [0.1, 0.15) is 5.25 Å². The van der Waals surface area contributed by atoms with Gasteiger partial charge >= 0.3 is 12.1 Å². The maximum atomic E-state index is 12.6. The van der Waals surface area contributed by atoms with Gasteiger partial charge in [0.05, 0.1) is 12.1 Å². The Labute approximate surface area is 143 Å². The van der Waals surface area contributed by atoms with Gasteiger partial charge in [-0.3, -0.25) is 9.59 Å². The van der Waals surface area contributed by atoms with Gasteiger partial charge < -0.3 is 14.8 Å².